The van der Waals surface area contributed by atoms with Gasteiger partial charge in [0.2, 0.25) is 15.9 Å². The summed E-state index contributed by atoms with van der Waals surface area (Å²) in [6.07, 6.45) is 1.47. The zero-order valence-electron chi connectivity index (χ0n) is 17.7. The fourth-order valence-corrected chi connectivity index (χ4v) is 4.77. The highest BCUT2D eigenvalue weighted by atomic mass is 32.2. The lowest BCUT2D eigenvalue weighted by atomic mass is 10.1. The SMILES string of the molecule is CC[C@@H](C(=O)Nc1ccc(N2CCOCC2)cc1)N(c1ccc(C)cc1)S(C)(=O)=O. The summed E-state index contributed by atoms with van der Waals surface area (Å²) in [5, 5.41) is 2.87. The molecule has 1 amide bonds. The molecule has 0 radical (unpaired) electrons. The van der Waals surface area contributed by atoms with Gasteiger partial charge in [-0.15, -0.1) is 0 Å². The van der Waals surface area contributed by atoms with E-state index in [2.05, 4.69) is 10.2 Å². The van der Waals surface area contributed by atoms with Crippen LogP contribution in [0.5, 0.6) is 0 Å². The van der Waals surface area contributed by atoms with Crippen LogP contribution in [0, 0.1) is 6.92 Å². The quantitative estimate of drug-likeness (QED) is 0.729. The summed E-state index contributed by atoms with van der Waals surface area (Å²) < 4.78 is 31.6. The highest BCUT2D eigenvalue weighted by Gasteiger charge is 2.31. The van der Waals surface area contributed by atoms with Gasteiger partial charge in [0, 0.05) is 24.5 Å². The van der Waals surface area contributed by atoms with Gasteiger partial charge in [-0.25, -0.2) is 8.42 Å². The van der Waals surface area contributed by atoms with Crippen molar-refractivity contribution < 1.29 is 17.9 Å². The first-order valence-corrected chi connectivity index (χ1v) is 11.9. The number of hydrogen-bond acceptors (Lipinski definition) is 5. The molecular formula is C22H29N3O4S. The Balaban J connectivity index is 1.77. The largest absolute Gasteiger partial charge is 0.378 e. The number of sulfonamides is 1. The number of hydrogen-bond donors (Lipinski definition) is 1. The number of benzene rings is 2. The molecule has 0 bridgehead atoms. The lowest BCUT2D eigenvalue weighted by Crippen LogP contribution is -2.47. The molecule has 2 aromatic carbocycles. The van der Waals surface area contributed by atoms with E-state index in [-0.39, 0.29) is 5.91 Å². The lowest BCUT2D eigenvalue weighted by Gasteiger charge is -2.30. The summed E-state index contributed by atoms with van der Waals surface area (Å²) in [4.78, 5) is 15.2. The Morgan fingerprint density at radius 3 is 2.23 bits per heavy atom. The van der Waals surface area contributed by atoms with Gasteiger partial charge in [-0.05, 0) is 49.7 Å². The van der Waals surface area contributed by atoms with Crippen LogP contribution < -0.4 is 14.5 Å². The summed E-state index contributed by atoms with van der Waals surface area (Å²) in [7, 11) is -3.65. The van der Waals surface area contributed by atoms with E-state index in [1.165, 1.54) is 4.31 Å². The summed E-state index contributed by atoms with van der Waals surface area (Å²) in [5.74, 6) is -0.359. The van der Waals surface area contributed by atoms with Crippen LogP contribution in [0.25, 0.3) is 0 Å². The van der Waals surface area contributed by atoms with E-state index >= 15 is 0 Å². The molecule has 7 nitrogen and oxygen atoms in total. The molecule has 2 aromatic rings. The van der Waals surface area contributed by atoms with Crippen molar-refractivity contribution in [3.63, 3.8) is 0 Å². The third-order valence-electron chi connectivity index (χ3n) is 5.13. The Hall–Kier alpha value is -2.58. The normalized spacial score (nSPS) is 15.5. The maximum absolute atomic E-state index is 13.0. The third kappa shape index (κ3) is 5.31. The van der Waals surface area contributed by atoms with Crippen LogP contribution in [-0.2, 0) is 19.6 Å². The van der Waals surface area contributed by atoms with E-state index < -0.39 is 16.1 Å². The number of morpholine rings is 1. The van der Waals surface area contributed by atoms with E-state index in [9.17, 15) is 13.2 Å². The number of nitrogens with one attached hydrogen (secondary N) is 1. The van der Waals surface area contributed by atoms with E-state index in [0.29, 0.717) is 31.0 Å². The molecule has 162 valence electrons. The van der Waals surface area contributed by atoms with Gasteiger partial charge in [-0.2, -0.15) is 0 Å². The molecule has 0 saturated carbocycles. The molecule has 1 aliphatic rings. The molecular weight excluding hydrogens is 402 g/mol. The van der Waals surface area contributed by atoms with Crippen molar-refractivity contribution in [1.29, 1.82) is 0 Å². The lowest BCUT2D eigenvalue weighted by molar-refractivity contribution is -0.117. The van der Waals surface area contributed by atoms with Gasteiger partial charge in [0.05, 0.1) is 25.2 Å². The molecule has 8 heteroatoms. The van der Waals surface area contributed by atoms with Crippen LogP contribution in [0.4, 0.5) is 17.1 Å². The Bertz CT molecular complexity index is 953. The van der Waals surface area contributed by atoms with E-state index in [1.54, 1.807) is 19.1 Å². The van der Waals surface area contributed by atoms with Crippen LogP contribution in [0.15, 0.2) is 48.5 Å². The molecule has 3 rings (SSSR count). The number of rotatable bonds is 7. The van der Waals surface area contributed by atoms with Gasteiger partial charge in [-0.3, -0.25) is 9.10 Å². The van der Waals surface area contributed by atoms with Gasteiger partial charge in [0.1, 0.15) is 6.04 Å². The zero-order valence-corrected chi connectivity index (χ0v) is 18.5. The van der Waals surface area contributed by atoms with Crippen molar-refractivity contribution >= 4 is 33.0 Å². The van der Waals surface area contributed by atoms with Crippen molar-refractivity contribution in [2.75, 3.05) is 47.1 Å². The number of nitrogens with zero attached hydrogens (tertiary/aromatic N) is 2. The van der Waals surface area contributed by atoms with Crippen molar-refractivity contribution in [1.82, 2.24) is 0 Å². The average Bonchev–Trinajstić information content (AvgIpc) is 2.73. The predicted molar refractivity (Wildman–Crippen MR) is 121 cm³/mol. The molecule has 1 saturated heterocycles. The van der Waals surface area contributed by atoms with Gasteiger partial charge in [-0.1, -0.05) is 24.6 Å². The van der Waals surface area contributed by atoms with Crippen LogP contribution in [0.2, 0.25) is 0 Å². The molecule has 0 aliphatic carbocycles. The minimum absolute atomic E-state index is 0.346. The molecule has 1 fully saturated rings. The monoisotopic (exact) mass is 431 g/mol. The summed E-state index contributed by atoms with van der Waals surface area (Å²) in [6.45, 7) is 6.82. The standard InChI is InChI=1S/C22H29N3O4S/c1-4-21(25(30(3,27)28)20-9-5-17(2)6-10-20)22(26)23-18-7-11-19(12-8-18)24-13-15-29-16-14-24/h5-12,21H,4,13-16H2,1-3H3,(H,23,26)/t21-/m0/s1. The molecule has 1 aliphatic heterocycles. The average molecular weight is 432 g/mol. The number of aryl methyl sites for hydroxylation is 1. The number of carbonyl (C=O) groups is 1. The fraction of sp³-hybridized carbons (Fsp3) is 0.409. The Morgan fingerprint density at radius 1 is 1.10 bits per heavy atom. The second-order valence-electron chi connectivity index (χ2n) is 7.45. The Labute approximate surface area is 178 Å². The molecule has 0 unspecified atom stereocenters. The highest BCUT2D eigenvalue weighted by Crippen LogP contribution is 2.24. The molecule has 1 heterocycles. The Morgan fingerprint density at radius 2 is 1.70 bits per heavy atom. The summed E-state index contributed by atoms with van der Waals surface area (Å²) in [5.41, 5.74) is 3.20. The van der Waals surface area contributed by atoms with Crippen LogP contribution >= 0.6 is 0 Å². The van der Waals surface area contributed by atoms with Crippen LogP contribution in [0.3, 0.4) is 0 Å². The van der Waals surface area contributed by atoms with Gasteiger partial charge >= 0.3 is 0 Å². The molecule has 1 atom stereocenters. The van der Waals surface area contributed by atoms with E-state index in [0.717, 1.165) is 30.6 Å². The van der Waals surface area contributed by atoms with Gasteiger partial charge in [0.25, 0.3) is 0 Å². The first kappa shape index (κ1) is 22.1. The van der Waals surface area contributed by atoms with E-state index in [1.807, 2.05) is 43.3 Å². The molecule has 0 spiro atoms. The number of amides is 1. The second kappa shape index (κ2) is 9.49. The van der Waals surface area contributed by atoms with E-state index in [4.69, 9.17) is 4.74 Å². The van der Waals surface area contributed by atoms with Crippen molar-refractivity contribution in [3.8, 4) is 0 Å². The first-order valence-electron chi connectivity index (χ1n) is 10.1. The van der Waals surface area contributed by atoms with Gasteiger partial charge < -0.3 is 15.0 Å². The molecule has 30 heavy (non-hydrogen) atoms. The van der Waals surface area contributed by atoms with Crippen LogP contribution in [0.1, 0.15) is 18.9 Å². The maximum Gasteiger partial charge on any atom is 0.248 e. The van der Waals surface area contributed by atoms with Crippen molar-refractivity contribution in [2.24, 2.45) is 0 Å². The summed E-state index contributed by atoms with van der Waals surface area (Å²) in [6, 6.07) is 13.9. The zero-order chi connectivity index (χ0) is 21.7. The fourth-order valence-electron chi connectivity index (χ4n) is 3.55. The van der Waals surface area contributed by atoms with Crippen molar-refractivity contribution in [3.05, 3.63) is 54.1 Å². The second-order valence-corrected chi connectivity index (χ2v) is 9.31. The third-order valence-corrected chi connectivity index (χ3v) is 6.31. The minimum atomic E-state index is -3.65. The van der Waals surface area contributed by atoms with Crippen LogP contribution in [-0.4, -0.2) is 52.9 Å². The minimum Gasteiger partial charge on any atom is -0.378 e. The topological polar surface area (TPSA) is 79.0 Å². The number of anilines is 3. The smallest absolute Gasteiger partial charge is 0.248 e. The van der Waals surface area contributed by atoms with Crippen molar-refractivity contribution in [2.45, 2.75) is 26.3 Å². The number of carbonyl (C=O) groups excluding carboxylic acids is 1. The maximum atomic E-state index is 13.0. The van der Waals surface area contributed by atoms with Gasteiger partial charge in [0.15, 0.2) is 0 Å². The highest BCUT2D eigenvalue weighted by molar-refractivity contribution is 7.92. The first-order chi connectivity index (χ1) is 14.3. The summed E-state index contributed by atoms with van der Waals surface area (Å²) >= 11 is 0. The molecule has 0 aromatic heterocycles. The predicted octanol–water partition coefficient (Wildman–Crippen LogP) is 3.01. The number of ether oxygens (including phenoxy) is 1. The Kier molecular flexibility index (Phi) is 6.99. The molecule has 1 N–H and O–H groups in total.